The van der Waals surface area contributed by atoms with E-state index in [1.54, 1.807) is 0 Å². The zero-order chi connectivity index (χ0) is 19.9. The van der Waals surface area contributed by atoms with Crippen molar-refractivity contribution in [2.45, 2.75) is 25.0 Å². The van der Waals surface area contributed by atoms with Crippen LogP contribution in [0.15, 0.2) is 97.1 Å². The highest BCUT2D eigenvalue weighted by Gasteiger charge is 2.27. The number of amides is 1. The predicted octanol–water partition coefficient (Wildman–Crippen LogP) is 5.10. The molecule has 29 heavy (non-hydrogen) atoms. The summed E-state index contributed by atoms with van der Waals surface area (Å²) in [5.41, 5.74) is 4.00. The highest BCUT2D eigenvalue weighted by atomic mass is 16.5. The third-order valence-electron chi connectivity index (χ3n) is 5.21. The van der Waals surface area contributed by atoms with Crippen LogP contribution < -0.4 is 5.32 Å². The van der Waals surface area contributed by atoms with Crippen molar-refractivity contribution in [3.05, 3.63) is 114 Å². The zero-order valence-electron chi connectivity index (χ0n) is 16.3. The smallest absolute Gasteiger partial charge is 0.251 e. The van der Waals surface area contributed by atoms with Gasteiger partial charge in [-0.3, -0.25) is 4.79 Å². The molecule has 1 aliphatic rings. The summed E-state index contributed by atoms with van der Waals surface area (Å²) in [6, 6.07) is 29.7. The molecule has 0 radical (unpaired) electrons. The van der Waals surface area contributed by atoms with Crippen LogP contribution in [0.25, 0.3) is 5.57 Å². The van der Waals surface area contributed by atoms with E-state index >= 15 is 0 Å². The summed E-state index contributed by atoms with van der Waals surface area (Å²) in [7, 11) is 0. The molecule has 1 aliphatic heterocycles. The molecule has 4 rings (SSSR count). The van der Waals surface area contributed by atoms with E-state index in [9.17, 15) is 4.79 Å². The van der Waals surface area contributed by atoms with Gasteiger partial charge in [-0.05, 0) is 41.7 Å². The van der Waals surface area contributed by atoms with Crippen molar-refractivity contribution in [2.24, 2.45) is 0 Å². The minimum atomic E-state index is -0.208. The first-order valence-corrected chi connectivity index (χ1v) is 10.1. The molecule has 0 aliphatic carbocycles. The second kappa shape index (κ2) is 9.35. The third-order valence-corrected chi connectivity index (χ3v) is 5.21. The van der Waals surface area contributed by atoms with Gasteiger partial charge in [0.05, 0.1) is 12.1 Å². The van der Waals surface area contributed by atoms with Crippen molar-refractivity contribution >= 4 is 11.5 Å². The topological polar surface area (TPSA) is 38.3 Å². The lowest BCUT2D eigenvalue weighted by molar-refractivity contribution is 0.0762. The van der Waals surface area contributed by atoms with Crippen molar-refractivity contribution in [3.8, 4) is 0 Å². The van der Waals surface area contributed by atoms with Crippen LogP contribution in [0.5, 0.6) is 0 Å². The summed E-state index contributed by atoms with van der Waals surface area (Å²) in [4.78, 5) is 12.9. The fraction of sp³-hybridized carbons (Fsp3) is 0.192. The van der Waals surface area contributed by atoms with E-state index < -0.39 is 0 Å². The molecular weight excluding hydrogens is 358 g/mol. The van der Waals surface area contributed by atoms with Crippen LogP contribution in [0.2, 0.25) is 0 Å². The average molecular weight is 383 g/mol. The Morgan fingerprint density at radius 2 is 1.34 bits per heavy atom. The second-order valence-electron chi connectivity index (χ2n) is 7.23. The summed E-state index contributed by atoms with van der Waals surface area (Å²) >= 11 is 0. The van der Waals surface area contributed by atoms with E-state index in [-0.39, 0.29) is 18.1 Å². The summed E-state index contributed by atoms with van der Waals surface area (Å²) in [5.74, 6) is -0.0807. The van der Waals surface area contributed by atoms with Crippen molar-refractivity contribution < 1.29 is 9.53 Å². The van der Waals surface area contributed by atoms with E-state index in [0.717, 1.165) is 36.1 Å². The van der Waals surface area contributed by atoms with Crippen LogP contribution in [-0.4, -0.2) is 24.7 Å². The maximum atomic E-state index is 12.9. The van der Waals surface area contributed by atoms with E-state index in [0.29, 0.717) is 5.56 Å². The van der Waals surface area contributed by atoms with E-state index in [2.05, 4.69) is 35.7 Å². The molecular formula is C26H25NO2. The van der Waals surface area contributed by atoms with Crippen LogP contribution in [0, 0.1) is 0 Å². The molecule has 2 atom stereocenters. The molecule has 1 N–H and O–H groups in total. The van der Waals surface area contributed by atoms with E-state index in [1.165, 1.54) is 0 Å². The van der Waals surface area contributed by atoms with E-state index in [4.69, 9.17) is 4.74 Å². The molecule has 0 bridgehead atoms. The van der Waals surface area contributed by atoms with Gasteiger partial charge in [0.15, 0.2) is 0 Å². The number of ether oxygens (including phenoxy) is 1. The van der Waals surface area contributed by atoms with Gasteiger partial charge in [0, 0.05) is 12.2 Å². The molecule has 0 saturated carbocycles. The number of nitrogens with one attached hydrogen (secondary N) is 1. The molecule has 0 unspecified atom stereocenters. The Balaban J connectivity index is 1.71. The number of carbonyl (C=O) groups excluding carboxylic acids is 1. The van der Waals surface area contributed by atoms with Gasteiger partial charge in [-0.25, -0.2) is 0 Å². The molecule has 1 heterocycles. The fourth-order valence-electron chi connectivity index (χ4n) is 3.73. The van der Waals surface area contributed by atoms with Crippen LogP contribution in [0.3, 0.4) is 0 Å². The van der Waals surface area contributed by atoms with Gasteiger partial charge < -0.3 is 10.1 Å². The van der Waals surface area contributed by atoms with Crippen LogP contribution in [0.4, 0.5) is 0 Å². The standard InChI is InChI=1S/C26H25NO2/c28-26(22-15-8-3-9-16-22)27-24(25-17-10-18-29-25)19-23(20-11-4-1-5-12-20)21-13-6-2-7-14-21/h1-9,11-16,19,24-25H,10,17-18H2,(H,27,28)/t24-,25-/m1/s1. The lowest BCUT2D eigenvalue weighted by Gasteiger charge is -2.23. The molecule has 1 amide bonds. The maximum absolute atomic E-state index is 12.9. The summed E-state index contributed by atoms with van der Waals surface area (Å²) < 4.78 is 5.97. The predicted molar refractivity (Wildman–Crippen MR) is 117 cm³/mol. The minimum Gasteiger partial charge on any atom is -0.376 e. The minimum absolute atomic E-state index is 0.0231. The molecule has 1 saturated heterocycles. The Bertz CT molecular complexity index is 904. The average Bonchev–Trinajstić information content (AvgIpc) is 3.33. The number of hydrogen-bond acceptors (Lipinski definition) is 2. The first kappa shape index (κ1) is 19.2. The van der Waals surface area contributed by atoms with Gasteiger partial charge in [0.2, 0.25) is 0 Å². The van der Waals surface area contributed by atoms with Gasteiger partial charge in [-0.1, -0.05) is 84.9 Å². The Labute approximate surface area is 172 Å². The molecule has 3 aromatic carbocycles. The summed E-state index contributed by atoms with van der Waals surface area (Å²) in [5, 5.41) is 3.20. The normalized spacial score (nSPS) is 16.8. The number of rotatable bonds is 6. The zero-order valence-corrected chi connectivity index (χ0v) is 16.3. The number of benzene rings is 3. The molecule has 0 aromatic heterocycles. The lowest BCUT2D eigenvalue weighted by atomic mass is 9.94. The van der Waals surface area contributed by atoms with Crippen LogP contribution >= 0.6 is 0 Å². The monoisotopic (exact) mass is 383 g/mol. The molecule has 3 aromatic rings. The van der Waals surface area contributed by atoms with Gasteiger partial charge in [0.1, 0.15) is 0 Å². The first-order chi connectivity index (χ1) is 14.3. The molecule has 3 heteroatoms. The Hall–Kier alpha value is -3.17. The number of hydrogen-bond donors (Lipinski definition) is 1. The number of carbonyl (C=O) groups is 1. The van der Waals surface area contributed by atoms with Crippen LogP contribution in [0.1, 0.15) is 34.3 Å². The molecule has 1 fully saturated rings. The van der Waals surface area contributed by atoms with Crippen molar-refractivity contribution in [2.75, 3.05) is 6.61 Å². The third kappa shape index (κ3) is 4.82. The van der Waals surface area contributed by atoms with Gasteiger partial charge in [-0.15, -0.1) is 0 Å². The highest BCUT2D eigenvalue weighted by molar-refractivity contribution is 5.94. The Kier molecular flexibility index (Phi) is 6.18. The molecule has 146 valence electrons. The van der Waals surface area contributed by atoms with Crippen molar-refractivity contribution in [1.29, 1.82) is 0 Å². The highest BCUT2D eigenvalue weighted by Crippen LogP contribution is 2.26. The maximum Gasteiger partial charge on any atom is 0.251 e. The largest absolute Gasteiger partial charge is 0.376 e. The van der Waals surface area contributed by atoms with Gasteiger partial charge in [-0.2, -0.15) is 0 Å². The quantitative estimate of drug-likeness (QED) is 0.643. The van der Waals surface area contributed by atoms with E-state index in [1.807, 2.05) is 66.7 Å². The van der Waals surface area contributed by atoms with Crippen molar-refractivity contribution in [1.82, 2.24) is 5.32 Å². The Morgan fingerprint density at radius 1 is 0.828 bits per heavy atom. The van der Waals surface area contributed by atoms with Crippen LogP contribution in [-0.2, 0) is 4.74 Å². The van der Waals surface area contributed by atoms with Gasteiger partial charge in [0.25, 0.3) is 5.91 Å². The fourth-order valence-corrected chi connectivity index (χ4v) is 3.73. The lowest BCUT2D eigenvalue weighted by Crippen LogP contribution is -2.42. The summed E-state index contributed by atoms with van der Waals surface area (Å²) in [6.07, 6.45) is 4.08. The van der Waals surface area contributed by atoms with Crippen molar-refractivity contribution in [3.63, 3.8) is 0 Å². The van der Waals surface area contributed by atoms with Gasteiger partial charge >= 0.3 is 0 Å². The first-order valence-electron chi connectivity index (χ1n) is 10.1. The Morgan fingerprint density at radius 3 is 1.83 bits per heavy atom. The summed E-state index contributed by atoms with van der Waals surface area (Å²) in [6.45, 7) is 0.738. The molecule has 3 nitrogen and oxygen atoms in total. The molecule has 0 spiro atoms. The SMILES string of the molecule is O=C(N[C@H](C=C(c1ccccc1)c1ccccc1)[C@H]1CCCO1)c1ccccc1. The second-order valence-corrected chi connectivity index (χ2v) is 7.23.